The predicted molar refractivity (Wildman–Crippen MR) is 93.3 cm³/mol. The number of benzene rings is 2. The van der Waals surface area contributed by atoms with Crippen LogP contribution in [0.3, 0.4) is 0 Å². The molecule has 1 aliphatic rings. The molecule has 0 saturated carbocycles. The molecule has 1 heterocycles. The molecule has 0 bridgehead atoms. The van der Waals surface area contributed by atoms with Crippen molar-refractivity contribution in [1.29, 1.82) is 0 Å². The van der Waals surface area contributed by atoms with Crippen LogP contribution in [0, 0.1) is 6.92 Å². The van der Waals surface area contributed by atoms with E-state index in [4.69, 9.17) is 4.74 Å². The second-order valence-corrected chi connectivity index (χ2v) is 7.47. The average Bonchev–Trinajstić information content (AvgIpc) is 2.91. The number of hydrogen-bond donors (Lipinski definition) is 3. The smallest absolute Gasteiger partial charge is 0.322 e. The molecule has 1 saturated heterocycles. The van der Waals surface area contributed by atoms with E-state index in [2.05, 4.69) is 10.0 Å². The molecule has 2 aromatic carbocycles. The monoisotopic (exact) mass is 375 g/mol. The minimum Gasteiger partial charge on any atom is -0.456 e. The summed E-state index contributed by atoms with van der Waals surface area (Å²) in [6.45, 7) is 1.64. The summed E-state index contributed by atoms with van der Waals surface area (Å²) >= 11 is 0. The van der Waals surface area contributed by atoms with Gasteiger partial charge in [0.1, 0.15) is 22.4 Å². The summed E-state index contributed by atoms with van der Waals surface area (Å²) in [6.07, 6.45) is 0. The molecule has 9 heteroatoms. The van der Waals surface area contributed by atoms with Crippen molar-refractivity contribution in [3.63, 3.8) is 0 Å². The molecule has 1 unspecified atom stereocenters. The van der Waals surface area contributed by atoms with Crippen molar-refractivity contribution < 1.29 is 22.7 Å². The molecule has 3 N–H and O–H groups in total. The molecule has 0 aromatic heterocycles. The highest BCUT2D eigenvalue weighted by Crippen LogP contribution is 2.28. The van der Waals surface area contributed by atoms with Crippen LogP contribution in [-0.2, 0) is 14.8 Å². The predicted octanol–water partition coefficient (Wildman–Crippen LogP) is 1.27. The summed E-state index contributed by atoms with van der Waals surface area (Å²) < 4.78 is 33.3. The fourth-order valence-corrected chi connectivity index (χ4v) is 3.61. The van der Waals surface area contributed by atoms with E-state index in [0.717, 1.165) is 5.56 Å². The Hall–Kier alpha value is -2.91. The van der Waals surface area contributed by atoms with Crippen LogP contribution in [-0.4, -0.2) is 32.9 Å². The number of carbonyl (C=O) groups excluding carboxylic acids is 2. The summed E-state index contributed by atoms with van der Waals surface area (Å²) in [6, 6.07) is 11.8. The molecule has 26 heavy (non-hydrogen) atoms. The van der Waals surface area contributed by atoms with Crippen molar-refractivity contribution >= 4 is 22.0 Å². The second-order valence-electron chi connectivity index (χ2n) is 5.73. The third-order valence-electron chi connectivity index (χ3n) is 3.69. The van der Waals surface area contributed by atoms with Gasteiger partial charge in [0.25, 0.3) is 5.91 Å². The van der Waals surface area contributed by atoms with Crippen LogP contribution in [0.15, 0.2) is 53.4 Å². The van der Waals surface area contributed by atoms with Gasteiger partial charge in [0.2, 0.25) is 10.0 Å². The maximum Gasteiger partial charge on any atom is 0.322 e. The Morgan fingerprint density at radius 3 is 2.58 bits per heavy atom. The van der Waals surface area contributed by atoms with Crippen LogP contribution in [0.5, 0.6) is 11.5 Å². The van der Waals surface area contributed by atoms with Crippen molar-refractivity contribution in [3.05, 3.63) is 54.1 Å². The molecule has 3 amide bonds. The third kappa shape index (κ3) is 4.01. The Bertz CT molecular complexity index is 958. The van der Waals surface area contributed by atoms with Gasteiger partial charge >= 0.3 is 6.03 Å². The first kappa shape index (κ1) is 17.9. The second kappa shape index (κ2) is 7.14. The van der Waals surface area contributed by atoms with E-state index in [9.17, 15) is 18.0 Å². The maximum atomic E-state index is 12.6. The first-order valence-electron chi connectivity index (χ1n) is 7.80. The van der Waals surface area contributed by atoms with Gasteiger partial charge in [-0.25, -0.2) is 17.9 Å². The molecule has 1 aliphatic heterocycles. The number of hydrogen-bond acceptors (Lipinski definition) is 5. The fourth-order valence-electron chi connectivity index (χ4n) is 2.44. The lowest BCUT2D eigenvalue weighted by molar-refractivity contribution is -0.120. The number of para-hydroxylation sites is 1. The lowest BCUT2D eigenvalue weighted by Gasteiger charge is -2.14. The first-order chi connectivity index (χ1) is 12.3. The van der Waals surface area contributed by atoms with E-state index in [1.165, 1.54) is 6.07 Å². The van der Waals surface area contributed by atoms with Gasteiger partial charge in [0.05, 0.1) is 0 Å². The van der Waals surface area contributed by atoms with Crippen LogP contribution in [0.2, 0.25) is 0 Å². The summed E-state index contributed by atoms with van der Waals surface area (Å²) in [5, 5.41) is 4.37. The van der Waals surface area contributed by atoms with Gasteiger partial charge in [0, 0.05) is 6.54 Å². The standard InChI is InChI=1S/C17H17N3O5S/c1-11-5-4-6-12(9-11)25-14-7-2-3-8-15(14)26(23,24)18-10-13-16(21)20-17(22)19-13/h2-9,13,18H,10H2,1H3,(H2,19,20,21,22). The zero-order valence-electron chi connectivity index (χ0n) is 13.9. The number of amides is 3. The van der Waals surface area contributed by atoms with Crippen molar-refractivity contribution in [2.24, 2.45) is 0 Å². The highest BCUT2D eigenvalue weighted by Gasteiger charge is 2.31. The van der Waals surface area contributed by atoms with E-state index >= 15 is 0 Å². The van der Waals surface area contributed by atoms with Crippen LogP contribution in [0.1, 0.15) is 5.56 Å². The Morgan fingerprint density at radius 1 is 1.12 bits per heavy atom. The average molecular weight is 375 g/mol. The van der Waals surface area contributed by atoms with Crippen molar-refractivity contribution in [2.75, 3.05) is 6.54 Å². The zero-order valence-corrected chi connectivity index (χ0v) is 14.7. The van der Waals surface area contributed by atoms with Gasteiger partial charge in [-0.3, -0.25) is 10.1 Å². The zero-order chi connectivity index (χ0) is 18.7. The Balaban J connectivity index is 1.79. The SMILES string of the molecule is Cc1cccc(Oc2ccccc2S(=O)(=O)NCC2NC(=O)NC2=O)c1. The molecule has 0 radical (unpaired) electrons. The largest absolute Gasteiger partial charge is 0.456 e. The number of ether oxygens (including phenoxy) is 1. The van der Waals surface area contributed by atoms with Gasteiger partial charge < -0.3 is 10.1 Å². The molecule has 136 valence electrons. The number of aryl methyl sites for hydroxylation is 1. The topological polar surface area (TPSA) is 114 Å². The number of imide groups is 1. The van der Waals surface area contributed by atoms with Crippen molar-refractivity contribution in [3.8, 4) is 11.5 Å². The van der Waals surface area contributed by atoms with Crippen LogP contribution < -0.4 is 20.1 Å². The maximum absolute atomic E-state index is 12.6. The van der Waals surface area contributed by atoms with Gasteiger partial charge in [-0.2, -0.15) is 0 Å². The lowest BCUT2D eigenvalue weighted by Crippen LogP contribution is -2.41. The van der Waals surface area contributed by atoms with Crippen LogP contribution in [0.25, 0.3) is 0 Å². The minimum absolute atomic E-state index is 0.0637. The Kier molecular flexibility index (Phi) is 4.92. The molecule has 0 spiro atoms. The van der Waals surface area contributed by atoms with Crippen molar-refractivity contribution in [2.45, 2.75) is 17.9 Å². The number of nitrogens with one attached hydrogen (secondary N) is 3. The summed E-state index contributed by atoms with van der Waals surface area (Å²) in [5.74, 6) is 0.0857. The van der Waals surface area contributed by atoms with E-state index in [0.29, 0.717) is 5.75 Å². The lowest BCUT2D eigenvalue weighted by atomic mass is 10.2. The molecule has 0 aliphatic carbocycles. The van der Waals surface area contributed by atoms with Crippen LogP contribution in [0.4, 0.5) is 4.79 Å². The number of carbonyl (C=O) groups is 2. The van der Waals surface area contributed by atoms with Gasteiger partial charge in [-0.05, 0) is 36.8 Å². The molecule has 1 fully saturated rings. The molecular formula is C17H17N3O5S. The normalized spacial score (nSPS) is 16.9. The fraction of sp³-hybridized carbons (Fsp3) is 0.176. The van der Waals surface area contributed by atoms with E-state index in [-0.39, 0.29) is 17.2 Å². The van der Waals surface area contributed by atoms with E-state index in [1.807, 2.05) is 18.3 Å². The van der Waals surface area contributed by atoms with Gasteiger partial charge in [-0.1, -0.05) is 24.3 Å². The molecule has 3 rings (SSSR count). The first-order valence-corrected chi connectivity index (χ1v) is 9.28. The third-order valence-corrected chi connectivity index (χ3v) is 5.16. The Labute approximate surface area is 150 Å². The van der Waals surface area contributed by atoms with E-state index in [1.54, 1.807) is 36.4 Å². The van der Waals surface area contributed by atoms with Gasteiger partial charge in [0.15, 0.2) is 0 Å². The quantitative estimate of drug-likeness (QED) is 0.658. The van der Waals surface area contributed by atoms with E-state index < -0.39 is 28.0 Å². The highest BCUT2D eigenvalue weighted by atomic mass is 32.2. The minimum atomic E-state index is -3.96. The molecule has 1 atom stereocenters. The number of rotatable bonds is 6. The van der Waals surface area contributed by atoms with Crippen LogP contribution >= 0.6 is 0 Å². The Morgan fingerprint density at radius 2 is 1.88 bits per heavy atom. The summed E-state index contributed by atoms with van der Waals surface area (Å²) in [5.41, 5.74) is 0.976. The number of sulfonamides is 1. The molecular weight excluding hydrogens is 358 g/mol. The molecule has 8 nitrogen and oxygen atoms in total. The summed E-state index contributed by atoms with van der Waals surface area (Å²) in [4.78, 5) is 22.6. The summed E-state index contributed by atoms with van der Waals surface area (Å²) in [7, 11) is -3.96. The highest BCUT2D eigenvalue weighted by molar-refractivity contribution is 7.89. The molecule has 2 aromatic rings. The van der Waals surface area contributed by atoms with Crippen molar-refractivity contribution in [1.82, 2.24) is 15.4 Å². The number of urea groups is 1. The van der Waals surface area contributed by atoms with Gasteiger partial charge in [-0.15, -0.1) is 0 Å².